The number of fused-ring (bicyclic) bond motifs is 1. The molecule has 3 N–H and O–H groups in total. The summed E-state index contributed by atoms with van der Waals surface area (Å²) in [6, 6.07) is 17.0. The van der Waals surface area contributed by atoms with Gasteiger partial charge in [-0.05, 0) is 42.1 Å². The molecule has 0 aliphatic carbocycles. The van der Waals surface area contributed by atoms with Crippen LogP contribution in [0.25, 0.3) is 10.9 Å². The number of hydrogen-bond donors (Lipinski definition) is 2. The van der Waals surface area contributed by atoms with Crippen LogP contribution in [-0.2, 0) is 17.7 Å². The number of epoxide rings is 1. The third-order valence-electron chi connectivity index (χ3n) is 4.87. The lowest BCUT2D eigenvalue weighted by atomic mass is 10.1. The summed E-state index contributed by atoms with van der Waals surface area (Å²) in [5, 5.41) is 4.82. The molecule has 0 radical (unpaired) electrons. The Morgan fingerprint density at radius 1 is 1.15 bits per heavy atom. The van der Waals surface area contributed by atoms with Gasteiger partial charge in [-0.15, -0.1) is 0 Å². The topological polar surface area (TPSA) is 55.5 Å². The molecular weight excluding hydrogens is 322 g/mol. The molecule has 1 aromatic heterocycles. The number of anilines is 1. The van der Waals surface area contributed by atoms with Gasteiger partial charge in [-0.1, -0.05) is 50.2 Å². The Morgan fingerprint density at radius 3 is 2.69 bits per heavy atom. The minimum Gasteiger partial charge on any atom is -0.358 e. The summed E-state index contributed by atoms with van der Waals surface area (Å²) in [4.78, 5) is 0. The SMILES string of the molecule is CC(C)Cn1cc(CCN)c2ccc(NC3OC3c3ccccc3)cc21. The predicted molar refractivity (Wildman–Crippen MR) is 107 cm³/mol. The molecule has 1 saturated heterocycles. The van der Waals surface area contributed by atoms with E-state index in [2.05, 4.69) is 72.4 Å². The van der Waals surface area contributed by atoms with Crippen LogP contribution >= 0.6 is 0 Å². The molecular formula is C22H27N3O. The van der Waals surface area contributed by atoms with E-state index < -0.39 is 0 Å². The second kappa shape index (κ2) is 7.14. The lowest BCUT2D eigenvalue weighted by Crippen LogP contribution is -2.05. The fourth-order valence-corrected chi connectivity index (χ4v) is 3.64. The number of nitrogens with two attached hydrogens (primary N) is 1. The molecule has 2 atom stereocenters. The van der Waals surface area contributed by atoms with Gasteiger partial charge in [-0.2, -0.15) is 0 Å². The molecule has 0 spiro atoms. The van der Waals surface area contributed by atoms with Crippen LogP contribution in [0.15, 0.2) is 54.7 Å². The van der Waals surface area contributed by atoms with Crippen molar-refractivity contribution in [2.75, 3.05) is 11.9 Å². The summed E-state index contributed by atoms with van der Waals surface area (Å²) in [5.41, 5.74) is 10.7. The minimum absolute atomic E-state index is 0.0480. The van der Waals surface area contributed by atoms with Gasteiger partial charge in [0.15, 0.2) is 6.23 Å². The predicted octanol–water partition coefficient (Wildman–Crippen LogP) is 4.31. The van der Waals surface area contributed by atoms with Gasteiger partial charge in [0, 0.05) is 23.8 Å². The Hall–Kier alpha value is -2.30. The van der Waals surface area contributed by atoms with Gasteiger partial charge >= 0.3 is 0 Å². The Balaban J connectivity index is 1.57. The Morgan fingerprint density at radius 2 is 1.96 bits per heavy atom. The van der Waals surface area contributed by atoms with Crippen molar-refractivity contribution in [3.05, 3.63) is 65.9 Å². The molecule has 1 aliphatic heterocycles. The van der Waals surface area contributed by atoms with Crippen LogP contribution in [0, 0.1) is 5.92 Å². The van der Waals surface area contributed by atoms with Crippen molar-refractivity contribution >= 4 is 16.6 Å². The summed E-state index contributed by atoms with van der Waals surface area (Å²) < 4.78 is 8.18. The van der Waals surface area contributed by atoms with Crippen LogP contribution in [0.1, 0.15) is 31.1 Å². The number of rotatable bonds is 7. The highest BCUT2D eigenvalue weighted by atomic mass is 16.6. The van der Waals surface area contributed by atoms with Crippen molar-refractivity contribution in [3.63, 3.8) is 0 Å². The van der Waals surface area contributed by atoms with E-state index in [4.69, 9.17) is 10.5 Å². The summed E-state index contributed by atoms with van der Waals surface area (Å²) in [6.45, 7) is 6.19. The molecule has 4 nitrogen and oxygen atoms in total. The third-order valence-corrected chi connectivity index (χ3v) is 4.87. The molecule has 0 amide bonds. The van der Waals surface area contributed by atoms with Gasteiger partial charge in [0.25, 0.3) is 0 Å². The fraction of sp³-hybridized carbons (Fsp3) is 0.364. The van der Waals surface area contributed by atoms with Gasteiger partial charge in [0.1, 0.15) is 6.10 Å². The van der Waals surface area contributed by atoms with Crippen LogP contribution in [0.2, 0.25) is 0 Å². The van der Waals surface area contributed by atoms with Gasteiger partial charge in [0.05, 0.1) is 5.52 Å². The van der Waals surface area contributed by atoms with Crippen LogP contribution in [0.5, 0.6) is 0 Å². The Kier molecular flexibility index (Phi) is 4.70. The molecule has 2 aromatic carbocycles. The van der Waals surface area contributed by atoms with E-state index >= 15 is 0 Å². The van der Waals surface area contributed by atoms with Crippen molar-refractivity contribution in [2.45, 2.75) is 39.1 Å². The van der Waals surface area contributed by atoms with E-state index in [0.717, 1.165) is 18.7 Å². The first-order chi connectivity index (χ1) is 12.7. The summed E-state index contributed by atoms with van der Waals surface area (Å²) in [6.07, 6.45) is 3.37. The molecule has 136 valence electrons. The van der Waals surface area contributed by atoms with E-state index in [9.17, 15) is 0 Å². The summed E-state index contributed by atoms with van der Waals surface area (Å²) in [5.74, 6) is 0.599. The molecule has 4 rings (SSSR count). The minimum atomic E-state index is 0.0480. The maximum Gasteiger partial charge on any atom is 0.159 e. The first kappa shape index (κ1) is 17.1. The zero-order valence-electron chi connectivity index (χ0n) is 15.5. The van der Waals surface area contributed by atoms with E-state index in [-0.39, 0.29) is 12.3 Å². The average molecular weight is 349 g/mol. The highest BCUT2D eigenvalue weighted by Gasteiger charge is 2.40. The Bertz CT molecular complexity index is 885. The molecule has 2 unspecified atom stereocenters. The quantitative estimate of drug-likeness (QED) is 0.625. The number of nitrogens with one attached hydrogen (secondary N) is 1. The van der Waals surface area contributed by atoms with Crippen molar-refractivity contribution in [1.29, 1.82) is 0 Å². The maximum atomic E-state index is 5.82. The Labute approximate surface area is 155 Å². The first-order valence-corrected chi connectivity index (χ1v) is 9.44. The van der Waals surface area contributed by atoms with Crippen LogP contribution in [0.4, 0.5) is 5.69 Å². The zero-order valence-corrected chi connectivity index (χ0v) is 15.5. The molecule has 3 aromatic rings. The van der Waals surface area contributed by atoms with E-state index in [1.54, 1.807) is 0 Å². The van der Waals surface area contributed by atoms with Gasteiger partial charge in [-0.25, -0.2) is 0 Å². The normalized spacial score (nSPS) is 19.2. The number of ether oxygens (including phenoxy) is 1. The lowest BCUT2D eigenvalue weighted by molar-refractivity contribution is 0.386. The molecule has 0 saturated carbocycles. The monoisotopic (exact) mass is 349 g/mol. The highest BCUT2D eigenvalue weighted by molar-refractivity contribution is 5.87. The van der Waals surface area contributed by atoms with Gasteiger partial charge < -0.3 is 20.4 Å². The maximum absolute atomic E-state index is 5.82. The zero-order chi connectivity index (χ0) is 18.1. The molecule has 1 aliphatic rings. The summed E-state index contributed by atoms with van der Waals surface area (Å²) in [7, 11) is 0. The summed E-state index contributed by atoms with van der Waals surface area (Å²) >= 11 is 0. The highest BCUT2D eigenvalue weighted by Crippen LogP contribution is 2.39. The fourth-order valence-electron chi connectivity index (χ4n) is 3.64. The number of aromatic nitrogens is 1. The standard InChI is InChI=1S/C22H27N3O/c1-15(2)13-25-14-17(10-11-23)19-9-8-18(12-20(19)25)24-22-21(26-22)16-6-4-3-5-7-16/h3-9,12,14-15,21-22,24H,10-11,13,23H2,1-2H3. The van der Waals surface area contributed by atoms with Crippen LogP contribution in [0.3, 0.4) is 0 Å². The van der Waals surface area contributed by atoms with Gasteiger partial charge in [-0.3, -0.25) is 0 Å². The van der Waals surface area contributed by atoms with Gasteiger partial charge in [0.2, 0.25) is 0 Å². The molecule has 2 heterocycles. The van der Waals surface area contributed by atoms with Crippen molar-refractivity contribution in [2.24, 2.45) is 11.7 Å². The van der Waals surface area contributed by atoms with E-state index in [0.29, 0.717) is 12.5 Å². The number of nitrogens with zero attached hydrogens (tertiary/aromatic N) is 1. The van der Waals surface area contributed by atoms with Crippen molar-refractivity contribution in [1.82, 2.24) is 4.57 Å². The second-order valence-corrected chi connectivity index (χ2v) is 7.50. The lowest BCUT2D eigenvalue weighted by Gasteiger charge is -2.10. The smallest absolute Gasteiger partial charge is 0.159 e. The van der Waals surface area contributed by atoms with Crippen molar-refractivity contribution < 1.29 is 4.74 Å². The molecule has 1 fully saturated rings. The van der Waals surface area contributed by atoms with E-state index in [1.165, 1.54) is 22.0 Å². The molecule has 26 heavy (non-hydrogen) atoms. The molecule has 4 heteroatoms. The van der Waals surface area contributed by atoms with Crippen molar-refractivity contribution in [3.8, 4) is 0 Å². The molecule has 0 bridgehead atoms. The first-order valence-electron chi connectivity index (χ1n) is 9.44. The number of hydrogen-bond acceptors (Lipinski definition) is 3. The largest absolute Gasteiger partial charge is 0.358 e. The average Bonchev–Trinajstić information content (AvgIpc) is 3.32. The van der Waals surface area contributed by atoms with Crippen LogP contribution < -0.4 is 11.1 Å². The third kappa shape index (κ3) is 3.48. The van der Waals surface area contributed by atoms with E-state index in [1.807, 2.05) is 6.07 Å². The number of benzene rings is 2. The second-order valence-electron chi connectivity index (χ2n) is 7.50. The van der Waals surface area contributed by atoms with Crippen LogP contribution in [-0.4, -0.2) is 17.3 Å².